The third-order valence-corrected chi connectivity index (χ3v) is 3.88. The van der Waals surface area contributed by atoms with E-state index in [1.54, 1.807) is 48.8 Å². The molecule has 1 aromatic carbocycles. The molecule has 0 saturated heterocycles. The lowest BCUT2D eigenvalue weighted by Crippen LogP contribution is -2.38. The number of rotatable bonds is 5. The van der Waals surface area contributed by atoms with Gasteiger partial charge in [0, 0.05) is 18.8 Å². The number of amides is 1. The van der Waals surface area contributed by atoms with Gasteiger partial charge in [-0.2, -0.15) is 11.8 Å². The molecule has 1 rings (SSSR count). The van der Waals surface area contributed by atoms with E-state index < -0.39 is 0 Å². The van der Waals surface area contributed by atoms with Crippen LogP contribution in [0.25, 0.3) is 0 Å². The number of carbonyl (C=O) groups is 1. The highest BCUT2D eigenvalue weighted by atomic mass is 32.2. The molecule has 0 aliphatic heterocycles. The zero-order valence-electron chi connectivity index (χ0n) is 11.4. The Morgan fingerprint density at radius 2 is 2.17 bits per heavy atom. The fourth-order valence-corrected chi connectivity index (χ4v) is 2.73. The Morgan fingerprint density at radius 1 is 1.50 bits per heavy atom. The SMILES string of the molecule is CCC(CSC)N(C)C(=O)c1cccc(C)c1O. The van der Waals surface area contributed by atoms with Gasteiger partial charge in [-0.3, -0.25) is 4.79 Å². The number of para-hydroxylation sites is 1. The molecule has 0 saturated carbocycles. The summed E-state index contributed by atoms with van der Waals surface area (Å²) in [5.74, 6) is 0.885. The van der Waals surface area contributed by atoms with E-state index in [-0.39, 0.29) is 17.7 Å². The number of aryl methyl sites for hydroxylation is 1. The Hall–Kier alpha value is -1.16. The first-order valence-corrected chi connectivity index (χ1v) is 7.47. The number of phenolic OH excluding ortho intramolecular Hbond substituents is 1. The number of aromatic hydroxyl groups is 1. The van der Waals surface area contributed by atoms with Crippen molar-refractivity contribution in [2.75, 3.05) is 19.1 Å². The van der Waals surface area contributed by atoms with Gasteiger partial charge in [0.05, 0.1) is 5.56 Å². The highest BCUT2D eigenvalue weighted by Gasteiger charge is 2.22. The van der Waals surface area contributed by atoms with Crippen molar-refractivity contribution in [2.24, 2.45) is 0 Å². The number of thioether (sulfide) groups is 1. The second kappa shape index (κ2) is 6.69. The summed E-state index contributed by atoms with van der Waals surface area (Å²) in [6, 6.07) is 5.47. The van der Waals surface area contributed by atoms with Crippen molar-refractivity contribution >= 4 is 17.7 Å². The third-order valence-electron chi connectivity index (χ3n) is 3.17. The van der Waals surface area contributed by atoms with Gasteiger partial charge in [0.25, 0.3) is 5.91 Å². The first-order chi connectivity index (χ1) is 8.52. The van der Waals surface area contributed by atoms with Gasteiger partial charge < -0.3 is 10.0 Å². The first kappa shape index (κ1) is 14.9. The molecule has 0 radical (unpaired) electrons. The third kappa shape index (κ3) is 3.19. The molecule has 100 valence electrons. The normalized spacial score (nSPS) is 12.2. The van der Waals surface area contributed by atoms with Crippen LogP contribution in [0.5, 0.6) is 5.75 Å². The highest BCUT2D eigenvalue weighted by molar-refractivity contribution is 7.98. The topological polar surface area (TPSA) is 40.5 Å². The maximum atomic E-state index is 12.3. The van der Waals surface area contributed by atoms with E-state index in [0.29, 0.717) is 5.56 Å². The maximum Gasteiger partial charge on any atom is 0.257 e. The number of carbonyl (C=O) groups excluding carboxylic acids is 1. The summed E-state index contributed by atoms with van der Waals surface area (Å²) in [7, 11) is 1.80. The molecule has 0 fully saturated rings. The number of hydrogen-bond donors (Lipinski definition) is 1. The summed E-state index contributed by atoms with van der Waals surface area (Å²) in [4.78, 5) is 14.1. The van der Waals surface area contributed by atoms with Crippen LogP contribution in [-0.4, -0.2) is 41.0 Å². The summed E-state index contributed by atoms with van der Waals surface area (Å²) in [5, 5.41) is 9.95. The van der Waals surface area contributed by atoms with Crippen LogP contribution >= 0.6 is 11.8 Å². The summed E-state index contributed by atoms with van der Waals surface area (Å²) < 4.78 is 0. The average molecular weight is 267 g/mol. The van der Waals surface area contributed by atoms with Crippen LogP contribution < -0.4 is 0 Å². The van der Waals surface area contributed by atoms with E-state index in [1.165, 1.54) is 0 Å². The van der Waals surface area contributed by atoms with Crippen LogP contribution in [-0.2, 0) is 0 Å². The van der Waals surface area contributed by atoms with E-state index in [9.17, 15) is 9.90 Å². The number of nitrogens with zero attached hydrogens (tertiary/aromatic N) is 1. The van der Waals surface area contributed by atoms with Gasteiger partial charge in [0.15, 0.2) is 0 Å². The summed E-state index contributed by atoms with van der Waals surface area (Å²) in [6.07, 6.45) is 2.95. The molecule has 0 bridgehead atoms. The molecule has 1 amide bonds. The lowest BCUT2D eigenvalue weighted by atomic mass is 10.1. The van der Waals surface area contributed by atoms with Gasteiger partial charge in [-0.1, -0.05) is 19.1 Å². The van der Waals surface area contributed by atoms with Crippen LogP contribution in [0.2, 0.25) is 0 Å². The highest BCUT2D eigenvalue weighted by Crippen LogP contribution is 2.23. The molecule has 1 N–H and O–H groups in total. The predicted molar refractivity (Wildman–Crippen MR) is 77.4 cm³/mol. The molecular formula is C14H21NO2S. The molecule has 0 aliphatic carbocycles. The summed E-state index contributed by atoms with van der Waals surface area (Å²) >= 11 is 1.73. The van der Waals surface area contributed by atoms with E-state index in [1.807, 2.05) is 6.26 Å². The van der Waals surface area contributed by atoms with E-state index in [0.717, 1.165) is 17.7 Å². The standard InChI is InChI=1S/C14H21NO2S/c1-5-11(9-18-4)15(3)14(17)12-8-6-7-10(2)13(12)16/h6-8,11,16H,5,9H2,1-4H3. The Balaban J connectivity index is 2.95. The van der Waals surface area contributed by atoms with Crippen molar-refractivity contribution in [3.63, 3.8) is 0 Å². The van der Waals surface area contributed by atoms with E-state index in [4.69, 9.17) is 0 Å². The smallest absolute Gasteiger partial charge is 0.257 e. The zero-order chi connectivity index (χ0) is 13.7. The zero-order valence-corrected chi connectivity index (χ0v) is 12.3. The molecule has 0 aromatic heterocycles. The molecule has 18 heavy (non-hydrogen) atoms. The van der Waals surface area contributed by atoms with Crippen LogP contribution in [0.1, 0.15) is 29.3 Å². The van der Waals surface area contributed by atoms with Crippen molar-refractivity contribution < 1.29 is 9.90 Å². The molecule has 1 aromatic rings. The molecular weight excluding hydrogens is 246 g/mol. The van der Waals surface area contributed by atoms with Crippen LogP contribution in [0.3, 0.4) is 0 Å². The molecule has 4 heteroatoms. The minimum Gasteiger partial charge on any atom is -0.507 e. The molecule has 1 unspecified atom stereocenters. The Morgan fingerprint density at radius 3 is 2.72 bits per heavy atom. The van der Waals surface area contributed by atoms with Crippen molar-refractivity contribution in [2.45, 2.75) is 26.3 Å². The molecule has 0 heterocycles. The van der Waals surface area contributed by atoms with E-state index >= 15 is 0 Å². The van der Waals surface area contributed by atoms with Gasteiger partial charge in [-0.15, -0.1) is 0 Å². The molecule has 0 spiro atoms. The van der Waals surface area contributed by atoms with Crippen LogP contribution in [0.4, 0.5) is 0 Å². The minimum absolute atomic E-state index is 0.0911. The maximum absolute atomic E-state index is 12.3. The largest absolute Gasteiger partial charge is 0.507 e. The van der Waals surface area contributed by atoms with Crippen LogP contribution in [0, 0.1) is 6.92 Å². The van der Waals surface area contributed by atoms with Crippen molar-refractivity contribution in [3.8, 4) is 5.75 Å². The number of hydrogen-bond acceptors (Lipinski definition) is 3. The summed E-state index contributed by atoms with van der Waals surface area (Å²) in [5.41, 5.74) is 1.12. The Labute approximate surface area is 113 Å². The second-order valence-electron chi connectivity index (χ2n) is 4.40. The molecule has 1 atom stereocenters. The van der Waals surface area contributed by atoms with Gasteiger partial charge in [-0.25, -0.2) is 0 Å². The average Bonchev–Trinajstić information content (AvgIpc) is 2.37. The molecule has 0 aliphatic rings. The monoisotopic (exact) mass is 267 g/mol. The quantitative estimate of drug-likeness (QED) is 0.891. The van der Waals surface area contributed by atoms with Gasteiger partial charge >= 0.3 is 0 Å². The number of phenols is 1. The molecule has 3 nitrogen and oxygen atoms in total. The van der Waals surface area contributed by atoms with Gasteiger partial charge in [-0.05, 0) is 31.2 Å². The minimum atomic E-state index is -0.114. The van der Waals surface area contributed by atoms with Crippen molar-refractivity contribution in [1.29, 1.82) is 0 Å². The fourth-order valence-electron chi connectivity index (χ4n) is 1.88. The Kier molecular flexibility index (Phi) is 5.54. The van der Waals surface area contributed by atoms with Crippen molar-refractivity contribution in [3.05, 3.63) is 29.3 Å². The lowest BCUT2D eigenvalue weighted by Gasteiger charge is -2.27. The Bertz CT molecular complexity index is 420. The van der Waals surface area contributed by atoms with E-state index in [2.05, 4.69) is 6.92 Å². The van der Waals surface area contributed by atoms with Crippen LogP contribution in [0.15, 0.2) is 18.2 Å². The second-order valence-corrected chi connectivity index (χ2v) is 5.32. The fraction of sp³-hybridized carbons (Fsp3) is 0.500. The van der Waals surface area contributed by atoms with Gasteiger partial charge in [0.1, 0.15) is 5.75 Å². The predicted octanol–water partition coefficient (Wildman–Crippen LogP) is 2.91. The number of benzene rings is 1. The van der Waals surface area contributed by atoms with Gasteiger partial charge in [0.2, 0.25) is 0 Å². The summed E-state index contributed by atoms with van der Waals surface area (Å²) in [6.45, 7) is 3.87. The first-order valence-electron chi connectivity index (χ1n) is 6.07. The van der Waals surface area contributed by atoms with Crippen molar-refractivity contribution in [1.82, 2.24) is 4.90 Å². The lowest BCUT2D eigenvalue weighted by molar-refractivity contribution is 0.0740.